The minimum Gasteiger partial charge on any atom is -0.453 e. The maximum absolute atomic E-state index is 11.9. The quantitative estimate of drug-likeness (QED) is 0.620. The van der Waals surface area contributed by atoms with Crippen molar-refractivity contribution in [3.63, 3.8) is 0 Å². The predicted molar refractivity (Wildman–Crippen MR) is 87.1 cm³/mol. The third-order valence-electron chi connectivity index (χ3n) is 4.07. The molecule has 0 saturated carbocycles. The van der Waals surface area contributed by atoms with Gasteiger partial charge in [0.05, 0.1) is 15.8 Å². The van der Waals surface area contributed by atoms with Crippen LogP contribution in [-0.2, 0) is 16.1 Å². The first-order valence-electron chi connectivity index (χ1n) is 7.30. The molecule has 1 aromatic rings. The summed E-state index contributed by atoms with van der Waals surface area (Å²) >= 11 is 5.27. The SMILES string of the molecule is COC(=O)NC(=O)[C@@H](C)[NH+]1CC[NH+](Cc2ccc(Br)s2)CC1. The van der Waals surface area contributed by atoms with E-state index in [2.05, 4.69) is 38.1 Å². The van der Waals surface area contributed by atoms with Crippen molar-refractivity contribution in [2.24, 2.45) is 0 Å². The van der Waals surface area contributed by atoms with Gasteiger partial charge in [0, 0.05) is 0 Å². The number of hydrogen-bond acceptors (Lipinski definition) is 4. The molecule has 0 spiro atoms. The van der Waals surface area contributed by atoms with E-state index in [0.717, 1.165) is 32.7 Å². The molecule has 2 rings (SSSR count). The molecule has 0 aromatic carbocycles. The number of piperazine rings is 1. The lowest BCUT2D eigenvalue weighted by molar-refractivity contribution is -1.02. The average molecular weight is 392 g/mol. The van der Waals surface area contributed by atoms with E-state index in [1.54, 1.807) is 16.2 Å². The number of amides is 2. The van der Waals surface area contributed by atoms with Gasteiger partial charge in [-0.15, -0.1) is 11.3 Å². The molecule has 22 heavy (non-hydrogen) atoms. The van der Waals surface area contributed by atoms with Crippen LogP contribution in [0.4, 0.5) is 4.79 Å². The van der Waals surface area contributed by atoms with Crippen LogP contribution < -0.4 is 15.1 Å². The van der Waals surface area contributed by atoms with E-state index >= 15 is 0 Å². The first-order valence-corrected chi connectivity index (χ1v) is 8.91. The van der Waals surface area contributed by atoms with Gasteiger partial charge in [0.25, 0.3) is 5.91 Å². The first kappa shape index (κ1) is 17.4. The topological polar surface area (TPSA) is 64.3 Å². The number of imide groups is 1. The summed E-state index contributed by atoms with van der Waals surface area (Å²) < 4.78 is 5.62. The summed E-state index contributed by atoms with van der Waals surface area (Å²) in [6, 6.07) is 4.00. The van der Waals surface area contributed by atoms with Crippen LogP contribution in [0.25, 0.3) is 0 Å². The number of hydrogen-bond donors (Lipinski definition) is 3. The van der Waals surface area contributed by atoms with Crippen molar-refractivity contribution in [1.29, 1.82) is 0 Å². The van der Waals surface area contributed by atoms with Crippen LogP contribution in [0.15, 0.2) is 15.9 Å². The van der Waals surface area contributed by atoms with Crippen LogP contribution in [0.2, 0.25) is 0 Å². The zero-order valence-electron chi connectivity index (χ0n) is 12.8. The Kier molecular flexibility index (Phi) is 6.37. The van der Waals surface area contributed by atoms with Gasteiger partial charge in [-0.2, -0.15) is 0 Å². The van der Waals surface area contributed by atoms with Crippen molar-refractivity contribution in [1.82, 2.24) is 5.32 Å². The third-order valence-corrected chi connectivity index (χ3v) is 5.69. The molecule has 2 amide bonds. The highest BCUT2D eigenvalue weighted by atomic mass is 79.9. The second kappa shape index (κ2) is 8.05. The van der Waals surface area contributed by atoms with Crippen LogP contribution in [0.3, 0.4) is 0 Å². The van der Waals surface area contributed by atoms with Crippen LogP contribution in [0.5, 0.6) is 0 Å². The van der Waals surface area contributed by atoms with Crippen LogP contribution in [0.1, 0.15) is 11.8 Å². The largest absolute Gasteiger partial charge is 0.453 e. The van der Waals surface area contributed by atoms with Gasteiger partial charge < -0.3 is 14.5 Å². The highest BCUT2D eigenvalue weighted by Crippen LogP contribution is 2.21. The smallest absolute Gasteiger partial charge is 0.413 e. The zero-order valence-corrected chi connectivity index (χ0v) is 15.2. The van der Waals surface area contributed by atoms with Gasteiger partial charge >= 0.3 is 6.09 Å². The summed E-state index contributed by atoms with van der Waals surface area (Å²) in [6.45, 7) is 6.80. The Balaban J connectivity index is 1.78. The number of ether oxygens (including phenoxy) is 1. The first-order chi connectivity index (χ1) is 10.5. The van der Waals surface area contributed by atoms with E-state index < -0.39 is 6.09 Å². The summed E-state index contributed by atoms with van der Waals surface area (Å²) in [5, 5.41) is 2.25. The molecule has 8 heteroatoms. The van der Waals surface area contributed by atoms with E-state index in [4.69, 9.17) is 0 Å². The van der Waals surface area contributed by atoms with Gasteiger partial charge in [0.15, 0.2) is 6.04 Å². The number of carbonyl (C=O) groups is 2. The van der Waals surface area contributed by atoms with Crippen molar-refractivity contribution in [3.05, 3.63) is 20.8 Å². The van der Waals surface area contributed by atoms with Crippen molar-refractivity contribution < 1.29 is 24.1 Å². The van der Waals surface area contributed by atoms with Gasteiger partial charge in [-0.1, -0.05) is 0 Å². The number of methoxy groups -OCH3 is 1. The molecule has 1 fully saturated rings. The molecule has 122 valence electrons. The average Bonchev–Trinajstić information content (AvgIpc) is 2.92. The molecule has 0 radical (unpaired) electrons. The Morgan fingerprint density at radius 2 is 2.05 bits per heavy atom. The number of halogens is 1. The van der Waals surface area contributed by atoms with Gasteiger partial charge in [-0.05, 0) is 35.0 Å². The molecule has 1 aromatic heterocycles. The van der Waals surface area contributed by atoms with E-state index in [0.29, 0.717) is 0 Å². The van der Waals surface area contributed by atoms with Crippen LogP contribution >= 0.6 is 27.3 Å². The number of nitrogens with one attached hydrogen (secondary N) is 3. The van der Waals surface area contributed by atoms with Crippen LogP contribution in [0, 0.1) is 0 Å². The summed E-state index contributed by atoms with van der Waals surface area (Å²) in [7, 11) is 1.26. The standard InChI is InChI=1S/C14H20BrN3O3S/c1-10(13(19)16-14(20)21-2)18-7-5-17(6-8-18)9-11-3-4-12(15)22-11/h3-4,10H,5-9H2,1-2H3,(H,16,19,20)/p+2/t10-/m1/s1. The minimum absolute atomic E-state index is 0.239. The number of thiophene rings is 1. The maximum atomic E-state index is 11.9. The van der Waals surface area contributed by atoms with E-state index in [9.17, 15) is 9.59 Å². The Morgan fingerprint density at radius 3 is 2.59 bits per heavy atom. The van der Waals surface area contributed by atoms with E-state index in [-0.39, 0.29) is 11.9 Å². The van der Waals surface area contributed by atoms with E-state index in [1.807, 2.05) is 6.92 Å². The molecule has 1 atom stereocenters. The van der Waals surface area contributed by atoms with Crippen LogP contribution in [-0.4, -0.2) is 51.3 Å². The molecule has 2 heterocycles. The third kappa shape index (κ3) is 4.77. The Morgan fingerprint density at radius 1 is 1.36 bits per heavy atom. The fourth-order valence-electron chi connectivity index (χ4n) is 2.67. The summed E-state index contributed by atoms with van der Waals surface area (Å²) in [5.41, 5.74) is 0. The maximum Gasteiger partial charge on any atom is 0.413 e. The zero-order chi connectivity index (χ0) is 16.1. The highest BCUT2D eigenvalue weighted by molar-refractivity contribution is 9.11. The lowest BCUT2D eigenvalue weighted by Gasteiger charge is -2.32. The Hall–Kier alpha value is -0.960. The summed E-state index contributed by atoms with van der Waals surface area (Å²) in [4.78, 5) is 27.2. The monoisotopic (exact) mass is 391 g/mol. The molecule has 1 aliphatic heterocycles. The molecule has 3 N–H and O–H groups in total. The molecule has 1 aliphatic rings. The Labute approximate surface area is 142 Å². The summed E-state index contributed by atoms with van der Waals surface area (Å²) in [5.74, 6) is -0.271. The Bertz CT molecular complexity index is 529. The van der Waals surface area contributed by atoms with Crippen molar-refractivity contribution in [3.8, 4) is 0 Å². The number of carbonyl (C=O) groups excluding carboxylic acids is 2. The van der Waals surface area contributed by atoms with E-state index in [1.165, 1.54) is 20.7 Å². The summed E-state index contributed by atoms with van der Waals surface area (Å²) in [6.07, 6.45) is -0.691. The van der Waals surface area contributed by atoms with Gasteiger partial charge in [0.2, 0.25) is 0 Å². The highest BCUT2D eigenvalue weighted by Gasteiger charge is 2.31. The predicted octanol–water partition coefficient (Wildman–Crippen LogP) is -0.935. The molecule has 0 aliphatic carbocycles. The van der Waals surface area contributed by atoms with Crippen molar-refractivity contribution in [2.45, 2.75) is 19.5 Å². The molecule has 6 nitrogen and oxygen atoms in total. The lowest BCUT2D eigenvalue weighted by atomic mass is 10.2. The van der Waals surface area contributed by atoms with Gasteiger partial charge in [-0.3, -0.25) is 10.1 Å². The normalized spacial score (nSPS) is 22.9. The fourth-order valence-corrected chi connectivity index (χ4v) is 4.23. The molecular weight excluding hydrogens is 370 g/mol. The van der Waals surface area contributed by atoms with Crippen molar-refractivity contribution in [2.75, 3.05) is 33.3 Å². The van der Waals surface area contributed by atoms with Crippen molar-refractivity contribution >= 4 is 39.3 Å². The fraction of sp³-hybridized carbons (Fsp3) is 0.571. The lowest BCUT2D eigenvalue weighted by Crippen LogP contribution is -3.29. The molecule has 0 bridgehead atoms. The van der Waals surface area contributed by atoms with Gasteiger partial charge in [0.1, 0.15) is 32.7 Å². The molecule has 1 saturated heterocycles. The molecule has 0 unspecified atom stereocenters. The second-order valence-electron chi connectivity index (χ2n) is 5.49. The number of rotatable bonds is 4. The van der Waals surface area contributed by atoms with Gasteiger partial charge in [-0.25, -0.2) is 4.79 Å². The molecular formula is C14H22BrN3O3S+2. The second-order valence-corrected chi connectivity index (χ2v) is 8.04. The minimum atomic E-state index is -0.691. The number of quaternary nitrogens is 2. The number of alkyl carbamates (subject to hydrolysis) is 1.